The van der Waals surface area contributed by atoms with Gasteiger partial charge in [0.1, 0.15) is 0 Å². The van der Waals surface area contributed by atoms with Gasteiger partial charge >= 0.3 is 7.82 Å². The van der Waals surface area contributed by atoms with Crippen molar-refractivity contribution < 1.29 is 18.9 Å². The van der Waals surface area contributed by atoms with Crippen LogP contribution in [0.1, 0.15) is 26.2 Å². The molecular formula is C9H13O4P. The molecule has 4 nitrogen and oxygen atoms in total. The molecule has 0 saturated carbocycles. The van der Waals surface area contributed by atoms with Crippen molar-refractivity contribution in [3.05, 3.63) is 0 Å². The lowest BCUT2D eigenvalue weighted by atomic mass is 9.96. The molecule has 0 aliphatic carbocycles. The first-order valence-corrected chi connectivity index (χ1v) is 5.59. The van der Waals surface area contributed by atoms with Crippen LogP contribution in [0.2, 0.25) is 0 Å². The van der Waals surface area contributed by atoms with Gasteiger partial charge in [-0.2, -0.15) is 0 Å². The fraction of sp³-hybridized carbons (Fsp3) is 0.556. The van der Waals surface area contributed by atoms with E-state index in [1.54, 1.807) is 0 Å². The summed E-state index contributed by atoms with van der Waals surface area (Å²) >= 11 is 0. The molecule has 0 bridgehead atoms. The third kappa shape index (κ3) is 4.46. The van der Waals surface area contributed by atoms with E-state index in [-0.39, 0.29) is 6.42 Å². The molecule has 0 amide bonds. The Balaban J connectivity index is 4.79. The van der Waals surface area contributed by atoms with E-state index in [9.17, 15) is 4.57 Å². The highest BCUT2D eigenvalue weighted by Gasteiger charge is 2.34. The van der Waals surface area contributed by atoms with Gasteiger partial charge in [-0.15, -0.1) is 18.8 Å². The largest absolute Gasteiger partial charge is 0.471 e. The number of phosphoric acid groups is 1. The lowest BCUT2D eigenvalue weighted by molar-refractivity contribution is 0.0777. The van der Waals surface area contributed by atoms with Crippen molar-refractivity contribution in [1.29, 1.82) is 0 Å². The van der Waals surface area contributed by atoms with E-state index in [0.717, 1.165) is 0 Å². The van der Waals surface area contributed by atoms with Crippen LogP contribution in [-0.2, 0) is 9.09 Å². The Morgan fingerprint density at radius 2 is 2.07 bits per heavy atom. The molecular weight excluding hydrogens is 203 g/mol. The van der Waals surface area contributed by atoms with E-state index < -0.39 is 13.4 Å². The molecule has 0 heterocycles. The smallest absolute Gasteiger partial charge is 0.303 e. The molecule has 2 N–H and O–H groups in total. The Labute approximate surface area is 83.9 Å². The van der Waals surface area contributed by atoms with Crippen LogP contribution in [0.15, 0.2) is 0 Å². The minimum absolute atomic E-state index is 0.0115. The van der Waals surface area contributed by atoms with Gasteiger partial charge in [0.25, 0.3) is 0 Å². The average Bonchev–Trinajstić information content (AvgIpc) is 2.02. The molecule has 0 radical (unpaired) electrons. The van der Waals surface area contributed by atoms with Gasteiger partial charge in [-0.1, -0.05) is 19.3 Å². The molecule has 0 fully saturated rings. The first kappa shape index (κ1) is 13.2. The predicted octanol–water partition coefficient (Wildman–Crippen LogP) is 1.29. The lowest BCUT2D eigenvalue weighted by Crippen LogP contribution is -2.29. The Bertz CT molecular complexity index is 306. The van der Waals surface area contributed by atoms with Gasteiger partial charge in [-0.25, -0.2) is 4.57 Å². The minimum atomic E-state index is -4.60. The SMILES string of the molecule is C#CCC(C#C)(CCC)OP(=O)(O)O. The molecule has 5 heteroatoms. The van der Waals surface area contributed by atoms with Gasteiger partial charge in [0.05, 0.1) is 0 Å². The molecule has 14 heavy (non-hydrogen) atoms. The molecule has 0 aliphatic rings. The zero-order chi connectivity index (χ0) is 11.2. The van der Waals surface area contributed by atoms with Crippen LogP contribution in [0.25, 0.3) is 0 Å². The van der Waals surface area contributed by atoms with E-state index in [2.05, 4.69) is 16.4 Å². The maximum atomic E-state index is 10.7. The standard InChI is InChI=1S/C9H13O4P/c1-4-7-9(6-3,8-5-2)13-14(10,11)12/h1,3H,5,7-8H2,2H3,(H2,10,11,12). The monoisotopic (exact) mass is 216 g/mol. The number of phosphoric ester groups is 1. The highest BCUT2D eigenvalue weighted by molar-refractivity contribution is 7.46. The van der Waals surface area contributed by atoms with Crippen LogP contribution in [0.5, 0.6) is 0 Å². The van der Waals surface area contributed by atoms with Crippen molar-refractivity contribution in [2.75, 3.05) is 0 Å². The Morgan fingerprint density at radius 3 is 2.36 bits per heavy atom. The van der Waals surface area contributed by atoms with E-state index in [0.29, 0.717) is 12.8 Å². The Kier molecular flexibility index (Phi) is 4.91. The van der Waals surface area contributed by atoms with Gasteiger partial charge in [-0.3, -0.25) is 4.52 Å². The predicted molar refractivity (Wildman–Crippen MR) is 53.1 cm³/mol. The summed E-state index contributed by atoms with van der Waals surface area (Å²) in [5, 5.41) is 0. The highest BCUT2D eigenvalue weighted by atomic mass is 31.2. The molecule has 0 aromatic carbocycles. The molecule has 0 aromatic rings. The third-order valence-electron chi connectivity index (χ3n) is 1.60. The van der Waals surface area contributed by atoms with Crippen molar-refractivity contribution in [2.24, 2.45) is 0 Å². The normalized spacial score (nSPS) is 15.2. The summed E-state index contributed by atoms with van der Waals surface area (Å²) in [6, 6.07) is 0. The summed E-state index contributed by atoms with van der Waals surface area (Å²) in [4.78, 5) is 17.3. The highest BCUT2D eigenvalue weighted by Crippen LogP contribution is 2.43. The second-order valence-corrected chi connectivity index (χ2v) is 4.02. The summed E-state index contributed by atoms with van der Waals surface area (Å²) in [5.41, 5.74) is -1.34. The van der Waals surface area contributed by atoms with Gasteiger partial charge in [0.2, 0.25) is 0 Å². The lowest BCUT2D eigenvalue weighted by Gasteiger charge is -2.26. The molecule has 0 spiro atoms. The number of rotatable bonds is 5. The fourth-order valence-electron chi connectivity index (χ4n) is 1.11. The number of hydrogen-bond donors (Lipinski definition) is 2. The van der Waals surface area contributed by atoms with E-state index >= 15 is 0 Å². The van der Waals surface area contributed by atoms with Crippen LogP contribution >= 0.6 is 7.82 Å². The summed E-state index contributed by atoms with van der Waals surface area (Å²) < 4.78 is 15.2. The van der Waals surface area contributed by atoms with E-state index in [4.69, 9.17) is 22.6 Å². The zero-order valence-electron chi connectivity index (χ0n) is 7.93. The van der Waals surface area contributed by atoms with Crippen molar-refractivity contribution in [3.8, 4) is 24.7 Å². The minimum Gasteiger partial charge on any atom is -0.303 e. The van der Waals surface area contributed by atoms with Gasteiger partial charge in [-0.05, 0) is 6.42 Å². The maximum Gasteiger partial charge on any atom is 0.471 e. The Morgan fingerprint density at radius 1 is 1.50 bits per heavy atom. The van der Waals surface area contributed by atoms with Crippen LogP contribution in [0, 0.1) is 24.7 Å². The zero-order valence-corrected chi connectivity index (χ0v) is 8.83. The Hall–Kier alpha value is -0.770. The van der Waals surface area contributed by atoms with Crippen molar-refractivity contribution in [3.63, 3.8) is 0 Å². The first-order valence-electron chi connectivity index (χ1n) is 4.06. The quantitative estimate of drug-likeness (QED) is 0.536. The van der Waals surface area contributed by atoms with Crippen LogP contribution in [0.3, 0.4) is 0 Å². The first-order chi connectivity index (χ1) is 6.39. The molecule has 0 rings (SSSR count). The van der Waals surface area contributed by atoms with Crippen LogP contribution < -0.4 is 0 Å². The topological polar surface area (TPSA) is 66.8 Å². The molecule has 1 atom stereocenters. The fourth-order valence-corrected chi connectivity index (χ4v) is 1.78. The molecule has 0 aliphatic heterocycles. The van der Waals surface area contributed by atoms with Crippen molar-refractivity contribution in [1.82, 2.24) is 0 Å². The number of terminal acetylenes is 2. The summed E-state index contributed by atoms with van der Waals surface area (Å²) in [7, 11) is -4.60. The third-order valence-corrected chi connectivity index (χ3v) is 2.19. The van der Waals surface area contributed by atoms with Crippen molar-refractivity contribution in [2.45, 2.75) is 31.8 Å². The van der Waals surface area contributed by atoms with Crippen LogP contribution in [-0.4, -0.2) is 15.4 Å². The van der Waals surface area contributed by atoms with Crippen molar-refractivity contribution >= 4 is 7.82 Å². The summed E-state index contributed by atoms with van der Waals surface area (Å²) in [6.45, 7) is 1.83. The molecule has 0 saturated heterocycles. The molecule has 78 valence electrons. The average molecular weight is 216 g/mol. The summed E-state index contributed by atoms with van der Waals surface area (Å²) in [6.07, 6.45) is 11.2. The number of hydrogen-bond acceptors (Lipinski definition) is 2. The summed E-state index contributed by atoms with van der Waals surface area (Å²) in [5.74, 6) is 4.47. The molecule has 1 unspecified atom stereocenters. The maximum absolute atomic E-state index is 10.7. The second-order valence-electron chi connectivity index (χ2n) is 2.85. The van der Waals surface area contributed by atoms with E-state index in [1.165, 1.54) is 0 Å². The van der Waals surface area contributed by atoms with Gasteiger partial charge in [0.15, 0.2) is 5.60 Å². The van der Waals surface area contributed by atoms with Gasteiger partial charge < -0.3 is 9.79 Å². The van der Waals surface area contributed by atoms with E-state index in [1.807, 2.05) is 6.92 Å². The second kappa shape index (κ2) is 5.20. The molecule has 0 aromatic heterocycles. The van der Waals surface area contributed by atoms with Crippen LogP contribution in [0.4, 0.5) is 0 Å². The van der Waals surface area contributed by atoms with Gasteiger partial charge in [0, 0.05) is 6.42 Å².